The van der Waals surface area contributed by atoms with Crippen LogP contribution in [0.1, 0.15) is 39.5 Å². The van der Waals surface area contributed by atoms with Crippen molar-refractivity contribution in [2.45, 2.75) is 45.6 Å². The normalized spacial score (nSPS) is 25.2. The van der Waals surface area contributed by atoms with Gasteiger partial charge in [0.1, 0.15) is 0 Å². The number of hydrogen-bond donors (Lipinski definition) is 1. The molecule has 1 amide bonds. The van der Waals surface area contributed by atoms with E-state index in [-0.39, 0.29) is 0 Å². The fourth-order valence-corrected chi connectivity index (χ4v) is 3.31. The van der Waals surface area contributed by atoms with Crippen LogP contribution in [0.3, 0.4) is 0 Å². The minimum absolute atomic E-state index is 0.344. The Bertz CT molecular complexity index is 287. The van der Waals surface area contributed by atoms with Gasteiger partial charge in [0.25, 0.3) is 0 Å². The van der Waals surface area contributed by atoms with Crippen LogP contribution in [0.25, 0.3) is 0 Å². The third kappa shape index (κ3) is 4.46. The van der Waals surface area contributed by atoms with Crippen molar-refractivity contribution < 1.29 is 4.79 Å². The van der Waals surface area contributed by atoms with Crippen LogP contribution >= 0.6 is 0 Å². The zero-order valence-electron chi connectivity index (χ0n) is 12.5. The molecule has 1 atom stereocenters. The SMILES string of the molecule is CC(C)CC1CCCN1CCC(=O)N1CCNCC1. The van der Waals surface area contributed by atoms with Gasteiger partial charge >= 0.3 is 0 Å². The number of carbonyl (C=O) groups is 1. The first-order valence-corrected chi connectivity index (χ1v) is 7.89. The van der Waals surface area contributed by atoms with Gasteiger partial charge in [-0.2, -0.15) is 0 Å². The second-order valence-corrected chi connectivity index (χ2v) is 6.34. The average molecular weight is 267 g/mol. The van der Waals surface area contributed by atoms with Crippen molar-refractivity contribution in [3.8, 4) is 0 Å². The number of rotatable bonds is 5. The molecule has 0 saturated carbocycles. The second-order valence-electron chi connectivity index (χ2n) is 6.34. The lowest BCUT2D eigenvalue weighted by Crippen LogP contribution is -2.47. The molecule has 0 aromatic carbocycles. The average Bonchev–Trinajstić information content (AvgIpc) is 2.83. The van der Waals surface area contributed by atoms with Crippen LogP contribution in [0.2, 0.25) is 0 Å². The first-order valence-electron chi connectivity index (χ1n) is 7.89. The Morgan fingerprint density at radius 2 is 2.00 bits per heavy atom. The summed E-state index contributed by atoms with van der Waals surface area (Å²) in [6.45, 7) is 10.4. The Hall–Kier alpha value is -0.610. The van der Waals surface area contributed by atoms with Crippen LogP contribution in [0.15, 0.2) is 0 Å². The number of amides is 1. The number of hydrogen-bond acceptors (Lipinski definition) is 3. The molecule has 0 radical (unpaired) electrons. The smallest absolute Gasteiger partial charge is 0.223 e. The molecule has 2 rings (SSSR count). The molecule has 2 saturated heterocycles. The molecular formula is C15H29N3O. The maximum absolute atomic E-state index is 12.2. The van der Waals surface area contributed by atoms with Crippen LogP contribution in [0.5, 0.6) is 0 Å². The predicted molar refractivity (Wildman–Crippen MR) is 78.1 cm³/mol. The second kappa shape index (κ2) is 7.25. The van der Waals surface area contributed by atoms with E-state index < -0.39 is 0 Å². The molecule has 4 nitrogen and oxygen atoms in total. The van der Waals surface area contributed by atoms with E-state index in [1.807, 2.05) is 4.90 Å². The van der Waals surface area contributed by atoms with E-state index in [9.17, 15) is 4.79 Å². The lowest BCUT2D eigenvalue weighted by Gasteiger charge is -2.30. The van der Waals surface area contributed by atoms with Crippen molar-refractivity contribution in [2.75, 3.05) is 39.3 Å². The van der Waals surface area contributed by atoms with Crippen LogP contribution in [0, 0.1) is 5.92 Å². The van der Waals surface area contributed by atoms with Gasteiger partial charge in [-0.3, -0.25) is 9.69 Å². The van der Waals surface area contributed by atoms with E-state index in [1.165, 1.54) is 25.8 Å². The van der Waals surface area contributed by atoms with Gasteiger partial charge in [-0.25, -0.2) is 0 Å². The maximum Gasteiger partial charge on any atom is 0.223 e. The molecule has 110 valence electrons. The Labute approximate surface area is 117 Å². The van der Waals surface area contributed by atoms with Crippen molar-refractivity contribution in [3.63, 3.8) is 0 Å². The van der Waals surface area contributed by atoms with Crippen LogP contribution in [0.4, 0.5) is 0 Å². The summed E-state index contributed by atoms with van der Waals surface area (Å²) in [6, 6.07) is 0.718. The highest BCUT2D eigenvalue weighted by molar-refractivity contribution is 5.76. The van der Waals surface area contributed by atoms with E-state index in [4.69, 9.17) is 0 Å². The molecule has 0 aromatic heterocycles. The molecule has 0 spiro atoms. The fourth-order valence-electron chi connectivity index (χ4n) is 3.31. The summed E-state index contributed by atoms with van der Waals surface area (Å²) in [5, 5.41) is 3.29. The first kappa shape index (κ1) is 14.8. The number of piperazine rings is 1. The van der Waals surface area contributed by atoms with E-state index in [1.54, 1.807) is 0 Å². The van der Waals surface area contributed by atoms with Gasteiger partial charge < -0.3 is 10.2 Å². The quantitative estimate of drug-likeness (QED) is 0.816. The monoisotopic (exact) mass is 267 g/mol. The molecular weight excluding hydrogens is 238 g/mol. The molecule has 1 unspecified atom stereocenters. The van der Waals surface area contributed by atoms with Crippen molar-refractivity contribution in [1.29, 1.82) is 0 Å². The Morgan fingerprint density at radius 1 is 1.26 bits per heavy atom. The zero-order chi connectivity index (χ0) is 13.7. The molecule has 2 aliphatic heterocycles. The summed E-state index contributed by atoms with van der Waals surface area (Å²) in [5.74, 6) is 1.10. The summed E-state index contributed by atoms with van der Waals surface area (Å²) in [6.07, 6.45) is 4.61. The van der Waals surface area contributed by atoms with Crippen molar-refractivity contribution in [3.05, 3.63) is 0 Å². The number of nitrogens with zero attached hydrogens (tertiary/aromatic N) is 2. The molecule has 0 bridgehead atoms. The Balaban J connectivity index is 1.72. The topological polar surface area (TPSA) is 35.6 Å². The molecule has 2 fully saturated rings. The zero-order valence-corrected chi connectivity index (χ0v) is 12.5. The Kier molecular flexibility index (Phi) is 5.64. The minimum Gasteiger partial charge on any atom is -0.340 e. The highest BCUT2D eigenvalue weighted by Gasteiger charge is 2.26. The minimum atomic E-state index is 0.344. The molecule has 19 heavy (non-hydrogen) atoms. The lowest BCUT2D eigenvalue weighted by atomic mass is 10.0. The van der Waals surface area contributed by atoms with Crippen molar-refractivity contribution >= 4 is 5.91 Å². The summed E-state index contributed by atoms with van der Waals surface area (Å²) in [4.78, 5) is 16.7. The number of nitrogens with one attached hydrogen (secondary N) is 1. The van der Waals surface area contributed by atoms with E-state index in [2.05, 4.69) is 24.1 Å². The van der Waals surface area contributed by atoms with Gasteiger partial charge in [0.2, 0.25) is 5.91 Å². The Morgan fingerprint density at radius 3 is 2.68 bits per heavy atom. The van der Waals surface area contributed by atoms with E-state index in [0.29, 0.717) is 12.3 Å². The fraction of sp³-hybridized carbons (Fsp3) is 0.933. The largest absolute Gasteiger partial charge is 0.340 e. The highest BCUT2D eigenvalue weighted by Crippen LogP contribution is 2.23. The number of carbonyl (C=O) groups excluding carboxylic acids is 1. The van der Waals surface area contributed by atoms with Crippen LogP contribution in [-0.4, -0.2) is 61.0 Å². The molecule has 2 aliphatic rings. The third-order valence-corrected chi connectivity index (χ3v) is 4.33. The van der Waals surface area contributed by atoms with Gasteiger partial charge in [0.05, 0.1) is 0 Å². The first-order chi connectivity index (χ1) is 9.16. The number of likely N-dealkylation sites (tertiary alicyclic amines) is 1. The summed E-state index contributed by atoms with van der Waals surface area (Å²) in [7, 11) is 0. The molecule has 4 heteroatoms. The summed E-state index contributed by atoms with van der Waals surface area (Å²) >= 11 is 0. The van der Waals surface area contributed by atoms with E-state index >= 15 is 0 Å². The highest BCUT2D eigenvalue weighted by atomic mass is 16.2. The van der Waals surface area contributed by atoms with E-state index in [0.717, 1.165) is 44.7 Å². The third-order valence-electron chi connectivity index (χ3n) is 4.33. The van der Waals surface area contributed by atoms with Gasteiger partial charge in [-0.05, 0) is 31.7 Å². The molecule has 2 heterocycles. The van der Waals surface area contributed by atoms with Crippen molar-refractivity contribution in [2.24, 2.45) is 5.92 Å². The molecule has 0 aromatic rings. The van der Waals surface area contributed by atoms with Crippen LogP contribution in [-0.2, 0) is 4.79 Å². The van der Waals surface area contributed by atoms with Gasteiger partial charge in [-0.1, -0.05) is 13.8 Å². The predicted octanol–water partition coefficient (Wildman–Crippen LogP) is 1.32. The summed E-state index contributed by atoms with van der Waals surface area (Å²) < 4.78 is 0. The van der Waals surface area contributed by atoms with Gasteiger partial charge in [0, 0.05) is 45.2 Å². The van der Waals surface area contributed by atoms with Crippen molar-refractivity contribution in [1.82, 2.24) is 15.1 Å². The lowest BCUT2D eigenvalue weighted by molar-refractivity contribution is -0.132. The summed E-state index contributed by atoms with van der Waals surface area (Å²) in [5.41, 5.74) is 0. The van der Waals surface area contributed by atoms with Crippen LogP contribution < -0.4 is 5.32 Å². The standard InChI is InChI=1S/C15H29N3O/c1-13(2)12-14-4-3-8-17(14)9-5-15(19)18-10-6-16-7-11-18/h13-14,16H,3-12H2,1-2H3. The molecule has 1 N–H and O–H groups in total. The maximum atomic E-state index is 12.2. The molecule has 0 aliphatic carbocycles. The van der Waals surface area contributed by atoms with Gasteiger partial charge in [-0.15, -0.1) is 0 Å². The van der Waals surface area contributed by atoms with Gasteiger partial charge in [0.15, 0.2) is 0 Å².